The van der Waals surface area contributed by atoms with Gasteiger partial charge in [-0.05, 0) is 70.3 Å². The second-order valence-corrected chi connectivity index (χ2v) is 11.7. The van der Waals surface area contributed by atoms with Gasteiger partial charge in [0.1, 0.15) is 23.6 Å². The number of nitrogens with zero attached hydrogens (tertiary/aromatic N) is 6. The lowest BCUT2D eigenvalue weighted by Crippen LogP contribution is -2.37. The van der Waals surface area contributed by atoms with E-state index in [0.717, 1.165) is 33.8 Å². The second-order valence-electron chi connectivity index (χ2n) is 11.0. The molecule has 0 saturated heterocycles. The number of ether oxygens (including phenoxy) is 2. The summed E-state index contributed by atoms with van der Waals surface area (Å²) in [6.07, 6.45) is 1.09. The van der Waals surface area contributed by atoms with E-state index >= 15 is 0 Å². The zero-order valence-electron chi connectivity index (χ0n) is 24.7. The number of pyridine rings is 1. The third-order valence-corrected chi connectivity index (χ3v) is 7.50. The molecule has 0 radical (unpaired) electrons. The molecule has 0 atom stereocenters. The van der Waals surface area contributed by atoms with Gasteiger partial charge in [-0.2, -0.15) is 19.4 Å². The van der Waals surface area contributed by atoms with Crippen LogP contribution in [0.25, 0.3) is 11.3 Å². The number of nitrogens with one attached hydrogen (secondary N) is 1. The monoisotopic (exact) mass is 587 g/mol. The Labute approximate surface area is 248 Å². The van der Waals surface area contributed by atoms with Gasteiger partial charge in [0, 0.05) is 46.9 Å². The van der Waals surface area contributed by atoms with Gasteiger partial charge >= 0.3 is 6.09 Å². The molecule has 0 bridgehead atoms. The van der Waals surface area contributed by atoms with E-state index in [2.05, 4.69) is 14.7 Å². The van der Waals surface area contributed by atoms with Crippen molar-refractivity contribution in [2.24, 2.45) is 4.40 Å². The number of benzene rings is 1. The van der Waals surface area contributed by atoms with Crippen LogP contribution in [0, 0.1) is 13.8 Å². The molecule has 1 aromatic heterocycles. The average Bonchev–Trinajstić information content (AvgIpc) is 3.21. The van der Waals surface area contributed by atoms with Crippen molar-refractivity contribution in [1.82, 2.24) is 25.3 Å². The summed E-state index contributed by atoms with van der Waals surface area (Å²) in [5.41, 5.74) is 5.43. The third kappa shape index (κ3) is 5.80. The van der Waals surface area contributed by atoms with Crippen molar-refractivity contribution in [2.45, 2.75) is 52.5 Å². The summed E-state index contributed by atoms with van der Waals surface area (Å²) < 4.78 is 15.6. The molecule has 0 unspecified atom stereocenters. The van der Waals surface area contributed by atoms with Crippen LogP contribution in [-0.2, 0) is 17.0 Å². The Morgan fingerprint density at radius 1 is 1.14 bits per heavy atom. The number of rotatable bonds is 5. The Morgan fingerprint density at radius 2 is 1.88 bits per heavy atom. The van der Waals surface area contributed by atoms with Crippen molar-refractivity contribution in [3.8, 4) is 17.0 Å². The number of alkyl carbamates (subject to hydrolysis) is 1. The predicted octanol–water partition coefficient (Wildman–Crippen LogP) is 5.16. The van der Waals surface area contributed by atoms with E-state index in [1.807, 2.05) is 44.2 Å². The van der Waals surface area contributed by atoms with Crippen molar-refractivity contribution in [3.05, 3.63) is 76.2 Å². The molecule has 0 saturated carbocycles. The second kappa shape index (κ2) is 11.4. The maximum Gasteiger partial charge on any atom is 0.413 e. The van der Waals surface area contributed by atoms with Crippen LogP contribution < -0.4 is 15.0 Å². The van der Waals surface area contributed by atoms with Crippen molar-refractivity contribution >= 4 is 35.5 Å². The van der Waals surface area contributed by atoms with Gasteiger partial charge < -0.3 is 14.4 Å². The molecule has 0 spiro atoms. The first kappa shape index (κ1) is 29.1. The molecule has 42 heavy (non-hydrogen) atoms. The summed E-state index contributed by atoms with van der Waals surface area (Å²) in [5.74, 6) is 1.18. The van der Waals surface area contributed by atoms with E-state index in [9.17, 15) is 9.59 Å². The summed E-state index contributed by atoms with van der Waals surface area (Å²) >= 11 is 1.22. The van der Waals surface area contributed by atoms with Gasteiger partial charge in [-0.1, -0.05) is 18.2 Å². The minimum absolute atomic E-state index is 0.184. The normalized spacial score (nSPS) is 12.9. The Hall–Kier alpha value is -4.45. The van der Waals surface area contributed by atoms with Gasteiger partial charge in [0.15, 0.2) is 5.84 Å². The maximum atomic E-state index is 13.8. The van der Waals surface area contributed by atoms with Crippen LogP contribution in [0.4, 0.5) is 10.5 Å². The highest BCUT2D eigenvalue weighted by Crippen LogP contribution is 2.39. The van der Waals surface area contributed by atoms with Gasteiger partial charge in [0.2, 0.25) is 0 Å². The summed E-state index contributed by atoms with van der Waals surface area (Å²) in [7, 11) is 3.37. The third-order valence-electron chi connectivity index (χ3n) is 6.77. The highest BCUT2D eigenvalue weighted by molar-refractivity contribution is 7.97. The molecule has 3 aliphatic rings. The minimum atomic E-state index is -0.704. The summed E-state index contributed by atoms with van der Waals surface area (Å²) in [4.78, 5) is 34.3. The fourth-order valence-corrected chi connectivity index (χ4v) is 5.57. The van der Waals surface area contributed by atoms with Crippen LogP contribution in [0.1, 0.15) is 59.2 Å². The van der Waals surface area contributed by atoms with Crippen molar-refractivity contribution in [1.29, 1.82) is 0 Å². The van der Waals surface area contributed by atoms with Gasteiger partial charge in [0.25, 0.3) is 5.91 Å². The largest absolute Gasteiger partial charge is 0.496 e. The summed E-state index contributed by atoms with van der Waals surface area (Å²) in [5, 5.41) is 12.4. The van der Waals surface area contributed by atoms with E-state index in [1.54, 1.807) is 52.1 Å². The minimum Gasteiger partial charge on any atom is -0.496 e. The Balaban J connectivity index is 1.62. The smallest absolute Gasteiger partial charge is 0.413 e. The number of carbonyl (C=O) groups excluding carboxylic acids is 2. The van der Waals surface area contributed by atoms with E-state index in [4.69, 9.17) is 19.7 Å². The fraction of sp³-hybridized carbons (Fsp3) is 0.333. The average molecular weight is 588 g/mol. The zero-order chi connectivity index (χ0) is 30.2. The lowest BCUT2D eigenvalue weighted by Gasteiger charge is -2.20. The lowest BCUT2D eigenvalue weighted by molar-refractivity contribution is 0.0563. The number of para-hydroxylation sites is 1. The van der Waals surface area contributed by atoms with Crippen molar-refractivity contribution in [3.63, 3.8) is 0 Å². The first-order valence-electron chi connectivity index (χ1n) is 13.4. The molecule has 5 rings (SSSR count). The zero-order valence-corrected chi connectivity index (χ0v) is 25.5. The van der Waals surface area contributed by atoms with Crippen LogP contribution in [0.3, 0.4) is 0 Å². The molecule has 12 heteroatoms. The molecule has 1 aliphatic carbocycles. The Kier molecular flexibility index (Phi) is 7.91. The number of anilines is 1. The molecule has 2 amide bonds. The molecule has 0 fully saturated rings. The summed E-state index contributed by atoms with van der Waals surface area (Å²) in [6, 6.07) is 11.2. The van der Waals surface area contributed by atoms with E-state index in [-0.39, 0.29) is 18.3 Å². The first-order chi connectivity index (χ1) is 20.0. The number of amidine groups is 1. The van der Waals surface area contributed by atoms with Crippen LogP contribution in [0.15, 0.2) is 47.0 Å². The predicted molar refractivity (Wildman–Crippen MR) is 162 cm³/mol. The van der Waals surface area contributed by atoms with Gasteiger partial charge in [-0.25, -0.2) is 4.79 Å². The molecular formula is C30H33N7O4S. The van der Waals surface area contributed by atoms with Crippen LogP contribution in [-0.4, -0.2) is 57.6 Å². The van der Waals surface area contributed by atoms with Crippen molar-refractivity contribution < 1.29 is 19.1 Å². The Morgan fingerprint density at radius 3 is 2.57 bits per heavy atom. The van der Waals surface area contributed by atoms with E-state index in [0.29, 0.717) is 28.3 Å². The van der Waals surface area contributed by atoms with Gasteiger partial charge in [-0.15, -0.1) is 0 Å². The highest BCUT2D eigenvalue weighted by atomic mass is 32.2. The summed E-state index contributed by atoms with van der Waals surface area (Å²) in [6.45, 7) is 9.46. The van der Waals surface area contributed by atoms with Crippen LogP contribution in [0.2, 0.25) is 0 Å². The maximum absolute atomic E-state index is 13.8. The fourth-order valence-electron chi connectivity index (χ4n) is 4.82. The standard InChI is InChI=1S/C30H33N7O4S/c1-17-14-31-23(18(2)26(17)40-7)15-37-33-22-13-20(28(38)36(6)19-11-9-8-10-12-19)21-16-42-35-27(25(34-37)24(21)22)32-29(39)41-30(3,4)5/h8-14H,15-16H2,1-7H3,(H,32,35,39). The van der Waals surface area contributed by atoms with Crippen molar-refractivity contribution in [2.75, 3.05) is 19.1 Å². The number of methoxy groups -OCH3 is 1. The van der Waals surface area contributed by atoms with Gasteiger partial charge in [0.05, 0.1) is 18.5 Å². The van der Waals surface area contributed by atoms with E-state index in [1.165, 1.54) is 16.7 Å². The first-order valence-corrected chi connectivity index (χ1v) is 14.3. The number of amides is 2. The molecule has 218 valence electrons. The highest BCUT2D eigenvalue weighted by Gasteiger charge is 2.33. The topological polar surface area (TPSA) is 124 Å². The quantitative estimate of drug-likeness (QED) is 0.318. The number of aromatic nitrogens is 4. The van der Waals surface area contributed by atoms with Gasteiger partial charge in [-0.3, -0.25) is 15.1 Å². The molecular weight excluding hydrogens is 554 g/mol. The number of hydrogen-bond acceptors (Lipinski definition) is 9. The van der Waals surface area contributed by atoms with Crippen LogP contribution in [0.5, 0.6) is 5.75 Å². The van der Waals surface area contributed by atoms with E-state index < -0.39 is 11.7 Å². The Bertz CT molecular complexity index is 1660. The molecule has 1 N–H and O–H groups in total. The number of hydrogen-bond donors (Lipinski definition) is 1. The number of aryl methyl sites for hydroxylation is 1. The lowest BCUT2D eigenvalue weighted by atomic mass is 10.1. The molecule has 1 aromatic carbocycles. The van der Waals surface area contributed by atoms with Crippen LogP contribution >= 0.6 is 11.9 Å². The molecule has 2 aromatic rings. The molecule has 2 aliphatic heterocycles. The number of carbonyl (C=O) groups is 2. The SMILES string of the molecule is COc1c(C)cnc(Cn2nc3cc(C(=O)N(C)c4ccccc4)c4c-3c(n2)C(NC(=O)OC(C)(C)C)=NSC4)c1C. The molecule has 3 heterocycles. The molecule has 11 nitrogen and oxygen atoms in total.